The molecule has 0 amide bonds. The minimum atomic E-state index is -3.73. The molecule has 0 heterocycles. The predicted octanol–water partition coefficient (Wildman–Crippen LogP) is 0.832. The third kappa shape index (κ3) is 5.67. The van der Waals surface area contributed by atoms with Crippen LogP contribution < -0.4 is 4.52 Å². The summed E-state index contributed by atoms with van der Waals surface area (Å²) in [5, 5.41) is 9.07. The maximum absolute atomic E-state index is 11.1. The van der Waals surface area contributed by atoms with Gasteiger partial charge in [-0.05, 0) is 38.2 Å². The van der Waals surface area contributed by atoms with E-state index in [9.17, 15) is 4.79 Å². The lowest BCUT2D eigenvalue weighted by Crippen LogP contribution is -2.37. The summed E-state index contributed by atoms with van der Waals surface area (Å²) in [5.74, 6) is -0.652. The van der Waals surface area contributed by atoms with Gasteiger partial charge in [0.05, 0.1) is 0 Å². The van der Waals surface area contributed by atoms with Crippen molar-refractivity contribution in [2.45, 2.75) is 12.5 Å². The van der Waals surface area contributed by atoms with E-state index < -0.39 is 18.7 Å². The van der Waals surface area contributed by atoms with E-state index in [1.54, 1.807) is 31.1 Å². The SMILES string of the molecule is CN(C)[C@@H](Cc1ccc(OP(O)(O)=S)cc1)C(=O)O. The lowest BCUT2D eigenvalue weighted by atomic mass is 10.1. The Labute approximate surface area is 116 Å². The van der Waals surface area contributed by atoms with Crippen LogP contribution in [-0.2, 0) is 23.0 Å². The molecule has 3 N–H and O–H groups in total. The number of likely N-dealkylation sites (N-methyl/N-ethyl adjacent to an activating group) is 1. The fourth-order valence-electron chi connectivity index (χ4n) is 1.54. The standard InChI is InChI=1S/C11H16NO5PS/c1-12(2)10(11(13)14)7-8-3-5-9(6-4-8)17-18(15,16)19/h3-6,10H,7H2,1-2H3,(H,13,14)(H2,15,16,19)/t10-/m0/s1. The lowest BCUT2D eigenvalue weighted by molar-refractivity contribution is -0.142. The summed E-state index contributed by atoms with van der Waals surface area (Å²) in [6.45, 7) is -3.73. The van der Waals surface area contributed by atoms with Gasteiger partial charge < -0.3 is 19.4 Å². The van der Waals surface area contributed by atoms with Crippen LogP contribution in [0.4, 0.5) is 0 Å². The first kappa shape index (κ1) is 16.1. The molecule has 0 saturated carbocycles. The fourth-order valence-corrected chi connectivity index (χ4v) is 2.19. The van der Waals surface area contributed by atoms with Crippen molar-refractivity contribution in [1.29, 1.82) is 0 Å². The highest BCUT2D eigenvalue weighted by molar-refractivity contribution is 8.06. The van der Waals surface area contributed by atoms with Crippen LogP contribution in [0.15, 0.2) is 24.3 Å². The number of hydrogen-bond acceptors (Lipinski definition) is 4. The summed E-state index contributed by atoms with van der Waals surface area (Å²) in [4.78, 5) is 30.7. The largest absolute Gasteiger partial charge is 0.480 e. The molecule has 1 aromatic rings. The Balaban J connectivity index is 2.76. The zero-order valence-electron chi connectivity index (χ0n) is 10.6. The van der Waals surface area contributed by atoms with Gasteiger partial charge in [0.15, 0.2) is 0 Å². The van der Waals surface area contributed by atoms with Gasteiger partial charge in [0.2, 0.25) is 0 Å². The molecular weight excluding hydrogens is 289 g/mol. The van der Waals surface area contributed by atoms with Gasteiger partial charge in [-0.1, -0.05) is 12.1 Å². The Morgan fingerprint density at radius 2 is 1.89 bits per heavy atom. The second-order valence-corrected chi connectivity index (χ2v) is 6.84. The smallest absolute Gasteiger partial charge is 0.375 e. The second-order valence-electron chi connectivity index (χ2n) is 4.25. The van der Waals surface area contributed by atoms with E-state index in [2.05, 4.69) is 11.8 Å². The van der Waals surface area contributed by atoms with Crippen LogP contribution in [0, 0.1) is 0 Å². The summed E-state index contributed by atoms with van der Waals surface area (Å²) >= 11 is 4.35. The van der Waals surface area contributed by atoms with Crippen LogP contribution in [-0.4, -0.2) is 45.9 Å². The van der Waals surface area contributed by atoms with Gasteiger partial charge >= 0.3 is 12.7 Å². The molecule has 0 aliphatic carbocycles. The first-order chi connectivity index (χ1) is 8.69. The summed E-state index contributed by atoms with van der Waals surface area (Å²) in [6.07, 6.45) is 0.342. The van der Waals surface area contributed by atoms with Crippen LogP contribution in [0.25, 0.3) is 0 Å². The number of rotatable bonds is 6. The van der Waals surface area contributed by atoms with Crippen molar-refractivity contribution >= 4 is 24.5 Å². The monoisotopic (exact) mass is 305 g/mol. The lowest BCUT2D eigenvalue weighted by Gasteiger charge is -2.20. The number of aliphatic carboxylic acids is 1. The molecule has 0 radical (unpaired) electrons. The fraction of sp³-hybridized carbons (Fsp3) is 0.364. The molecule has 0 bridgehead atoms. The van der Waals surface area contributed by atoms with E-state index in [4.69, 9.17) is 19.4 Å². The minimum Gasteiger partial charge on any atom is -0.480 e. The minimum absolute atomic E-state index is 0.244. The number of carboxylic acids is 1. The highest BCUT2D eigenvalue weighted by Crippen LogP contribution is 2.37. The maximum atomic E-state index is 11.1. The zero-order chi connectivity index (χ0) is 14.6. The summed E-state index contributed by atoms with van der Waals surface area (Å²) in [7, 11) is 3.40. The molecule has 0 saturated heterocycles. The average molecular weight is 305 g/mol. The molecule has 1 atom stereocenters. The Kier molecular flexibility index (Phi) is 5.46. The number of nitrogens with zero attached hydrogens (tertiary/aromatic N) is 1. The topological polar surface area (TPSA) is 90.2 Å². The molecule has 106 valence electrons. The number of benzene rings is 1. The van der Waals surface area contributed by atoms with Crippen molar-refractivity contribution in [3.63, 3.8) is 0 Å². The van der Waals surface area contributed by atoms with Crippen LogP contribution in [0.3, 0.4) is 0 Å². The molecule has 19 heavy (non-hydrogen) atoms. The van der Waals surface area contributed by atoms with Crippen LogP contribution >= 0.6 is 6.72 Å². The van der Waals surface area contributed by atoms with E-state index in [1.165, 1.54) is 12.1 Å². The van der Waals surface area contributed by atoms with E-state index in [-0.39, 0.29) is 5.75 Å². The highest BCUT2D eigenvalue weighted by atomic mass is 32.5. The van der Waals surface area contributed by atoms with Crippen LogP contribution in [0.1, 0.15) is 5.56 Å². The van der Waals surface area contributed by atoms with Gasteiger partial charge in [-0.25, -0.2) is 0 Å². The molecule has 0 aliphatic rings. The molecule has 0 aliphatic heterocycles. The van der Waals surface area contributed by atoms with Crippen molar-refractivity contribution < 1.29 is 24.2 Å². The van der Waals surface area contributed by atoms with Gasteiger partial charge in [0.1, 0.15) is 11.8 Å². The molecule has 0 aromatic heterocycles. The molecule has 6 nitrogen and oxygen atoms in total. The van der Waals surface area contributed by atoms with Crippen LogP contribution in [0.5, 0.6) is 5.75 Å². The van der Waals surface area contributed by atoms with Crippen molar-refractivity contribution in [2.75, 3.05) is 14.1 Å². The molecular formula is C11H16NO5PS. The summed E-state index contributed by atoms with van der Waals surface area (Å²) < 4.78 is 4.77. The van der Waals surface area contributed by atoms with Crippen molar-refractivity contribution in [2.24, 2.45) is 0 Å². The number of carbonyl (C=O) groups is 1. The molecule has 1 aromatic carbocycles. The summed E-state index contributed by atoms with van der Waals surface area (Å²) in [5.41, 5.74) is 0.803. The Bertz CT molecular complexity index is 484. The number of carboxylic acid groups (broad SMARTS) is 1. The third-order valence-electron chi connectivity index (χ3n) is 2.49. The van der Waals surface area contributed by atoms with Gasteiger partial charge in [-0.2, -0.15) is 0 Å². The quantitative estimate of drug-likeness (QED) is 0.671. The van der Waals surface area contributed by atoms with Gasteiger partial charge in [-0.15, -0.1) is 0 Å². The highest BCUT2D eigenvalue weighted by Gasteiger charge is 2.20. The van der Waals surface area contributed by atoms with E-state index in [0.29, 0.717) is 6.42 Å². The average Bonchev–Trinajstić information content (AvgIpc) is 2.25. The maximum Gasteiger partial charge on any atom is 0.375 e. The van der Waals surface area contributed by atoms with Crippen molar-refractivity contribution in [1.82, 2.24) is 4.90 Å². The number of hydrogen-bond donors (Lipinski definition) is 3. The Morgan fingerprint density at radius 1 is 1.37 bits per heavy atom. The third-order valence-corrected chi connectivity index (χ3v) is 3.16. The normalized spacial score (nSPS) is 13.3. The van der Waals surface area contributed by atoms with E-state index in [0.717, 1.165) is 5.56 Å². The first-order valence-corrected chi connectivity index (χ1v) is 8.05. The van der Waals surface area contributed by atoms with Crippen molar-refractivity contribution in [3.05, 3.63) is 29.8 Å². The van der Waals surface area contributed by atoms with Crippen LogP contribution in [0.2, 0.25) is 0 Å². The second kappa shape index (κ2) is 6.45. The van der Waals surface area contributed by atoms with E-state index in [1.807, 2.05) is 0 Å². The predicted molar refractivity (Wildman–Crippen MR) is 74.6 cm³/mol. The molecule has 0 unspecified atom stereocenters. The van der Waals surface area contributed by atoms with E-state index >= 15 is 0 Å². The Hall–Kier alpha value is -0.980. The van der Waals surface area contributed by atoms with Gasteiger partial charge in [0.25, 0.3) is 0 Å². The molecule has 1 rings (SSSR count). The summed E-state index contributed by atoms with van der Waals surface area (Å²) in [6, 6.07) is 5.77. The molecule has 0 fully saturated rings. The molecule has 8 heteroatoms. The van der Waals surface area contributed by atoms with Crippen molar-refractivity contribution in [3.8, 4) is 5.75 Å². The first-order valence-electron chi connectivity index (χ1n) is 5.42. The zero-order valence-corrected chi connectivity index (χ0v) is 12.3. The molecule has 0 spiro atoms. The Morgan fingerprint density at radius 3 is 2.26 bits per heavy atom. The van der Waals surface area contributed by atoms with Gasteiger partial charge in [-0.3, -0.25) is 9.69 Å². The van der Waals surface area contributed by atoms with Gasteiger partial charge in [0, 0.05) is 11.8 Å².